The molecule has 11 heavy (non-hydrogen) atoms. The van der Waals surface area contributed by atoms with Crippen LogP contribution in [0.1, 0.15) is 12.8 Å². The van der Waals surface area contributed by atoms with E-state index in [0.29, 0.717) is 13.0 Å². The Hall–Kier alpha value is -0.160. The normalized spacial score (nSPS) is 28.9. The minimum absolute atomic E-state index is 0.429. The van der Waals surface area contributed by atoms with Crippen LogP contribution in [0.3, 0.4) is 0 Å². The van der Waals surface area contributed by atoms with Crippen molar-refractivity contribution in [2.45, 2.75) is 18.8 Å². The standard InChI is InChI=1S/C7H15NO3/c1-8-4-2-3-6(5-8)7(9,10)11/h6,9-11H,2-5H2,1H3. The van der Waals surface area contributed by atoms with Gasteiger partial charge in [0.05, 0.1) is 5.92 Å². The summed E-state index contributed by atoms with van der Waals surface area (Å²) in [4.78, 5) is 1.98. The van der Waals surface area contributed by atoms with Gasteiger partial charge in [-0.25, -0.2) is 0 Å². The first-order chi connectivity index (χ1) is 5.00. The van der Waals surface area contributed by atoms with Crippen LogP contribution in [0.25, 0.3) is 0 Å². The predicted molar refractivity (Wildman–Crippen MR) is 39.6 cm³/mol. The van der Waals surface area contributed by atoms with E-state index in [9.17, 15) is 0 Å². The van der Waals surface area contributed by atoms with Crippen molar-refractivity contribution in [1.29, 1.82) is 0 Å². The summed E-state index contributed by atoms with van der Waals surface area (Å²) in [5.74, 6) is -2.92. The molecule has 3 N–H and O–H groups in total. The second kappa shape index (κ2) is 3.06. The Kier molecular flexibility index (Phi) is 2.49. The fourth-order valence-corrected chi connectivity index (χ4v) is 1.48. The number of likely N-dealkylation sites (tertiary alicyclic amines) is 1. The van der Waals surface area contributed by atoms with Gasteiger partial charge in [0.15, 0.2) is 0 Å². The molecule has 1 saturated heterocycles. The molecule has 0 spiro atoms. The first-order valence-corrected chi connectivity index (χ1v) is 3.86. The molecule has 0 radical (unpaired) electrons. The highest BCUT2D eigenvalue weighted by Crippen LogP contribution is 2.22. The lowest BCUT2D eigenvalue weighted by molar-refractivity contribution is -0.346. The van der Waals surface area contributed by atoms with Crippen molar-refractivity contribution >= 4 is 0 Å². The zero-order valence-electron chi connectivity index (χ0n) is 6.69. The molecule has 1 rings (SSSR count). The van der Waals surface area contributed by atoms with Gasteiger partial charge in [-0.3, -0.25) is 0 Å². The minimum atomic E-state index is -2.49. The van der Waals surface area contributed by atoms with E-state index in [2.05, 4.69) is 0 Å². The Balaban J connectivity index is 2.46. The third-order valence-electron chi connectivity index (χ3n) is 2.17. The summed E-state index contributed by atoms with van der Waals surface area (Å²) in [5, 5.41) is 26.5. The average Bonchev–Trinajstić information content (AvgIpc) is 1.86. The molecule has 0 aliphatic carbocycles. The van der Waals surface area contributed by atoms with Crippen molar-refractivity contribution in [1.82, 2.24) is 4.90 Å². The van der Waals surface area contributed by atoms with Crippen LogP contribution < -0.4 is 0 Å². The Labute approximate surface area is 66.1 Å². The maximum Gasteiger partial charge on any atom is 0.279 e. The fraction of sp³-hybridized carbons (Fsp3) is 1.00. The van der Waals surface area contributed by atoms with Gasteiger partial charge < -0.3 is 20.2 Å². The number of rotatable bonds is 1. The van der Waals surface area contributed by atoms with Crippen LogP contribution in [0, 0.1) is 5.92 Å². The highest BCUT2D eigenvalue weighted by molar-refractivity contribution is 4.74. The van der Waals surface area contributed by atoms with E-state index in [1.54, 1.807) is 0 Å². The van der Waals surface area contributed by atoms with Crippen LogP contribution in [0.2, 0.25) is 0 Å². The maximum atomic E-state index is 8.84. The molecule has 0 aromatic carbocycles. The average molecular weight is 161 g/mol. The van der Waals surface area contributed by atoms with Gasteiger partial charge in [-0.15, -0.1) is 0 Å². The largest absolute Gasteiger partial charge is 0.343 e. The fourth-order valence-electron chi connectivity index (χ4n) is 1.48. The Morgan fingerprint density at radius 2 is 2.00 bits per heavy atom. The molecule has 1 aliphatic rings. The summed E-state index contributed by atoms with van der Waals surface area (Å²) in [5.41, 5.74) is 0. The second-order valence-corrected chi connectivity index (χ2v) is 3.29. The van der Waals surface area contributed by atoms with Crippen molar-refractivity contribution in [3.63, 3.8) is 0 Å². The Bertz CT molecular complexity index is 132. The van der Waals surface area contributed by atoms with E-state index < -0.39 is 11.9 Å². The minimum Gasteiger partial charge on any atom is -0.343 e. The van der Waals surface area contributed by atoms with Gasteiger partial charge in [-0.05, 0) is 26.4 Å². The molecule has 0 aromatic heterocycles. The summed E-state index contributed by atoms with van der Waals surface area (Å²) in [6, 6.07) is 0. The SMILES string of the molecule is CN1CCCC(C(O)(O)O)C1. The van der Waals surface area contributed by atoms with Crippen molar-refractivity contribution in [3.8, 4) is 0 Å². The summed E-state index contributed by atoms with van der Waals surface area (Å²) < 4.78 is 0. The molecule has 4 nitrogen and oxygen atoms in total. The van der Waals surface area contributed by atoms with Gasteiger partial charge in [0.2, 0.25) is 0 Å². The topological polar surface area (TPSA) is 63.9 Å². The first-order valence-electron chi connectivity index (χ1n) is 3.86. The number of hydrogen-bond donors (Lipinski definition) is 3. The molecule has 4 heteroatoms. The van der Waals surface area contributed by atoms with Crippen LogP contribution in [0.5, 0.6) is 0 Å². The Morgan fingerprint density at radius 1 is 1.36 bits per heavy atom. The lowest BCUT2D eigenvalue weighted by Crippen LogP contribution is -2.46. The molecule has 0 saturated carbocycles. The van der Waals surface area contributed by atoms with Crippen molar-refractivity contribution in [2.75, 3.05) is 20.1 Å². The number of hydrogen-bond acceptors (Lipinski definition) is 4. The lowest BCUT2D eigenvalue weighted by atomic mass is 9.96. The molecule has 1 unspecified atom stereocenters. The molecule has 0 amide bonds. The van der Waals surface area contributed by atoms with Crippen LogP contribution in [0.15, 0.2) is 0 Å². The van der Waals surface area contributed by atoms with E-state index >= 15 is 0 Å². The lowest BCUT2D eigenvalue weighted by Gasteiger charge is -2.34. The molecular weight excluding hydrogens is 146 g/mol. The van der Waals surface area contributed by atoms with Crippen LogP contribution in [-0.2, 0) is 0 Å². The van der Waals surface area contributed by atoms with Crippen molar-refractivity contribution in [2.24, 2.45) is 5.92 Å². The van der Waals surface area contributed by atoms with E-state index in [4.69, 9.17) is 15.3 Å². The van der Waals surface area contributed by atoms with Crippen LogP contribution in [0.4, 0.5) is 0 Å². The maximum absolute atomic E-state index is 8.84. The zero-order valence-corrected chi connectivity index (χ0v) is 6.69. The second-order valence-electron chi connectivity index (χ2n) is 3.29. The molecule has 1 fully saturated rings. The summed E-state index contributed by atoms with van der Waals surface area (Å²) in [6.07, 6.45) is 1.58. The highest BCUT2D eigenvalue weighted by atomic mass is 16.7. The van der Waals surface area contributed by atoms with Crippen molar-refractivity contribution < 1.29 is 15.3 Å². The van der Waals surface area contributed by atoms with Gasteiger partial charge in [-0.2, -0.15) is 0 Å². The molecule has 0 bridgehead atoms. The third-order valence-corrected chi connectivity index (χ3v) is 2.17. The number of piperidine rings is 1. The van der Waals surface area contributed by atoms with Gasteiger partial charge >= 0.3 is 0 Å². The van der Waals surface area contributed by atoms with Gasteiger partial charge in [0, 0.05) is 6.54 Å². The highest BCUT2D eigenvalue weighted by Gasteiger charge is 2.34. The molecule has 66 valence electrons. The molecule has 1 atom stereocenters. The monoisotopic (exact) mass is 161 g/mol. The molecule has 1 aliphatic heterocycles. The summed E-state index contributed by atoms with van der Waals surface area (Å²) in [6.45, 7) is 1.51. The van der Waals surface area contributed by atoms with Gasteiger partial charge in [0.25, 0.3) is 5.97 Å². The summed E-state index contributed by atoms with van der Waals surface area (Å²) >= 11 is 0. The smallest absolute Gasteiger partial charge is 0.279 e. The zero-order chi connectivity index (χ0) is 8.48. The number of nitrogens with zero attached hydrogens (tertiary/aromatic N) is 1. The Morgan fingerprint density at radius 3 is 2.36 bits per heavy atom. The molecule has 0 aromatic rings. The predicted octanol–water partition coefficient (Wildman–Crippen LogP) is -1.04. The van der Waals surface area contributed by atoms with Crippen LogP contribution in [-0.4, -0.2) is 46.3 Å². The molecular formula is C7H15NO3. The van der Waals surface area contributed by atoms with Crippen LogP contribution >= 0.6 is 0 Å². The van der Waals surface area contributed by atoms with Gasteiger partial charge in [0.1, 0.15) is 0 Å². The quantitative estimate of drug-likeness (QED) is 0.430. The first kappa shape index (κ1) is 8.93. The van der Waals surface area contributed by atoms with E-state index in [-0.39, 0.29) is 0 Å². The van der Waals surface area contributed by atoms with Gasteiger partial charge in [-0.1, -0.05) is 0 Å². The van der Waals surface area contributed by atoms with E-state index in [1.165, 1.54) is 0 Å². The van der Waals surface area contributed by atoms with E-state index in [1.807, 2.05) is 11.9 Å². The summed E-state index contributed by atoms with van der Waals surface area (Å²) in [7, 11) is 1.90. The molecule has 1 heterocycles. The number of aliphatic hydroxyl groups is 3. The van der Waals surface area contributed by atoms with E-state index in [0.717, 1.165) is 13.0 Å². The third kappa shape index (κ3) is 2.41. The van der Waals surface area contributed by atoms with Crippen molar-refractivity contribution in [3.05, 3.63) is 0 Å².